The third-order valence-corrected chi connectivity index (χ3v) is 5.04. The zero-order valence-electron chi connectivity index (χ0n) is 9.86. The molecule has 0 spiro atoms. The van der Waals surface area contributed by atoms with Crippen LogP contribution in [0.15, 0.2) is 0 Å². The van der Waals surface area contributed by atoms with Crippen LogP contribution in [0.5, 0.6) is 0 Å². The van der Waals surface area contributed by atoms with Crippen LogP contribution in [0.4, 0.5) is 0 Å². The van der Waals surface area contributed by atoms with Gasteiger partial charge in [0.2, 0.25) is 10.0 Å². The summed E-state index contributed by atoms with van der Waals surface area (Å²) in [6, 6.07) is 0.286. The molecule has 0 heterocycles. The second kappa shape index (κ2) is 5.27. The molecule has 1 rings (SSSR count). The molecule has 0 amide bonds. The fourth-order valence-corrected chi connectivity index (χ4v) is 3.63. The Morgan fingerprint density at radius 3 is 2.47 bits per heavy atom. The van der Waals surface area contributed by atoms with Crippen LogP contribution in [0.1, 0.15) is 33.1 Å². The summed E-state index contributed by atoms with van der Waals surface area (Å²) in [4.78, 5) is 0. The van der Waals surface area contributed by atoms with E-state index in [0.29, 0.717) is 13.1 Å². The van der Waals surface area contributed by atoms with E-state index in [4.69, 9.17) is 0 Å². The number of rotatable bonds is 7. The third kappa shape index (κ3) is 3.16. The molecule has 15 heavy (non-hydrogen) atoms. The average Bonchev–Trinajstić information content (AvgIpc) is 2.97. The van der Waals surface area contributed by atoms with Gasteiger partial charge in [0.1, 0.15) is 0 Å². The Balaban J connectivity index is 2.71. The maximum atomic E-state index is 12.2. The fraction of sp³-hybridized carbons (Fsp3) is 1.00. The lowest BCUT2D eigenvalue weighted by Gasteiger charge is -2.25. The van der Waals surface area contributed by atoms with Crippen LogP contribution >= 0.6 is 0 Å². The maximum absolute atomic E-state index is 12.2. The number of hydrogen-bond acceptors (Lipinski definition) is 3. The summed E-state index contributed by atoms with van der Waals surface area (Å²) in [6.07, 6.45) is 2.96. The second-order valence-electron chi connectivity index (χ2n) is 4.26. The number of nitrogens with one attached hydrogen (secondary N) is 1. The summed E-state index contributed by atoms with van der Waals surface area (Å²) in [6.45, 7) is 4.99. The zero-order chi connectivity index (χ0) is 11.5. The minimum absolute atomic E-state index is 0.286. The lowest BCUT2D eigenvalue weighted by atomic mass is 10.5. The largest absolute Gasteiger partial charge is 0.318 e. The Bertz CT molecular complexity index is 286. The molecule has 0 aromatic heterocycles. The molecule has 0 aromatic rings. The predicted octanol–water partition coefficient (Wildman–Crippen LogP) is 0.798. The van der Waals surface area contributed by atoms with E-state index in [1.807, 2.05) is 6.92 Å². The minimum Gasteiger partial charge on any atom is -0.318 e. The molecule has 0 bridgehead atoms. The van der Waals surface area contributed by atoms with Gasteiger partial charge in [-0.3, -0.25) is 0 Å². The molecule has 0 aliphatic heterocycles. The van der Waals surface area contributed by atoms with E-state index in [1.165, 1.54) is 0 Å². The van der Waals surface area contributed by atoms with E-state index in [9.17, 15) is 8.42 Å². The van der Waals surface area contributed by atoms with Crippen molar-refractivity contribution in [2.45, 2.75) is 44.4 Å². The molecule has 5 heteroatoms. The van der Waals surface area contributed by atoms with Crippen LogP contribution in [0.3, 0.4) is 0 Å². The van der Waals surface area contributed by atoms with Crippen molar-refractivity contribution in [3.8, 4) is 0 Å². The van der Waals surface area contributed by atoms with Gasteiger partial charge in [-0.05, 0) is 33.2 Å². The van der Waals surface area contributed by atoms with Crippen LogP contribution in [0, 0.1) is 0 Å². The summed E-state index contributed by atoms with van der Waals surface area (Å²) in [5, 5.41) is 2.60. The zero-order valence-corrected chi connectivity index (χ0v) is 10.7. The Hall–Kier alpha value is -0.130. The van der Waals surface area contributed by atoms with Crippen molar-refractivity contribution in [2.24, 2.45) is 0 Å². The monoisotopic (exact) mass is 234 g/mol. The molecule has 1 fully saturated rings. The predicted molar refractivity (Wildman–Crippen MR) is 62.3 cm³/mol. The van der Waals surface area contributed by atoms with Gasteiger partial charge in [-0.2, -0.15) is 4.31 Å². The topological polar surface area (TPSA) is 49.4 Å². The van der Waals surface area contributed by atoms with E-state index in [-0.39, 0.29) is 11.3 Å². The van der Waals surface area contributed by atoms with Gasteiger partial charge in [-0.25, -0.2) is 8.42 Å². The van der Waals surface area contributed by atoms with Gasteiger partial charge in [0.25, 0.3) is 0 Å². The smallest absolute Gasteiger partial charge is 0.218 e. The Morgan fingerprint density at radius 1 is 1.47 bits per heavy atom. The van der Waals surface area contributed by atoms with E-state index < -0.39 is 10.0 Å². The molecule has 1 aliphatic carbocycles. The van der Waals surface area contributed by atoms with Crippen molar-refractivity contribution in [1.29, 1.82) is 0 Å². The summed E-state index contributed by atoms with van der Waals surface area (Å²) in [5.74, 6) is 0. The molecule has 1 N–H and O–H groups in total. The van der Waals surface area contributed by atoms with Crippen LogP contribution in [0.2, 0.25) is 0 Å². The third-order valence-electron chi connectivity index (χ3n) is 2.73. The highest BCUT2D eigenvalue weighted by atomic mass is 32.2. The minimum atomic E-state index is -3.09. The highest BCUT2D eigenvalue weighted by Crippen LogP contribution is 2.30. The van der Waals surface area contributed by atoms with Gasteiger partial charge >= 0.3 is 0 Å². The van der Waals surface area contributed by atoms with Gasteiger partial charge in [0.05, 0.1) is 5.25 Å². The van der Waals surface area contributed by atoms with Gasteiger partial charge in [0, 0.05) is 19.1 Å². The molecule has 90 valence electrons. The van der Waals surface area contributed by atoms with Gasteiger partial charge in [-0.1, -0.05) is 6.92 Å². The second-order valence-corrected chi connectivity index (χ2v) is 6.56. The number of sulfonamides is 1. The normalized spacial score (nSPS) is 19.5. The molecular weight excluding hydrogens is 212 g/mol. The van der Waals surface area contributed by atoms with Crippen LogP contribution in [-0.2, 0) is 10.0 Å². The van der Waals surface area contributed by atoms with E-state index in [2.05, 4.69) is 5.32 Å². The van der Waals surface area contributed by atoms with Crippen molar-refractivity contribution < 1.29 is 8.42 Å². The van der Waals surface area contributed by atoms with Crippen molar-refractivity contribution in [3.05, 3.63) is 0 Å². The highest BCUT2D eigenvalue weighted by Gasteiger charge is 2.38. The molecule has 0 radical (unpaired) electrons. The van der Waals surface area contributed by atoms with Crippen molar-refractivity contribution in [3.63, 3.8) is 0 Å². The van der Waals surface area contributed by atoms with Gasteiger partial charge in [0.15, 0.2) is 0 Å². The van der Waals surface area contributed by atoms with E-state index in [1.54, 1.807) is 18.3 Å². The van der Waals surface area contributed by atoms with Crippen molar-refractivity contribution in [2.75, 3.05) is 20.1 Å². The molecular formula is C10H22N2O2S. The van der Waals surface area contributed by atoms with Crippen molar-refractivity contribution >= 4 is 10.0 Å². The number of hydrogen-bond donors (Lipinski definition) is 1. The van der Waals surface area contributed by atoms with E-state index >= 15 is 0 Å². The Labute approximate surface area is 93.1 Å². The maximum Gasteiger partial charge on any atom is 0.218 e. The SMILES string of the molecule is CCCN(C1CC1)S(=O)(=O)C(C)CNC. The molecule has 4 nitrogen and oxygen atoms in total. The van der Waals surface area contributed by atoms with Crippen LogP contribution < -0.4 is 5.32 Å². The first kappa shape index (κ1) is 12.9. The summed E-state index contributed by atoms with van der Waals surface area (Å²) >= 11 is 0. The number of nitrogens with zero attached hydrogens (tertiary/aromatic N) is 1. The fourth-order valence-electron chi connectivity index (χ4n) is 1.72. The lowest BCUT2D eigenvalue weighted by Crippen LogP contribution is -2.43. The first-order valence-corrected chi connectivity index (χ1v) is 7.19. The van der Waals surface area contributed by atoms with Gasteiger partial charge < -0.3 is 5.32 Å². The molecule has 1 saturated carbocycles. The Morgan fingerprint density at radius 2 is 2.07 bits per heavy atom. The van der Waals surface area contributed by atoms with Crippen LogP contribution in [-0.4, -0.2) is 44.2 Å². The summed E-state index contributed by atoms with van der Waals surface area (Å²) in [5.41, 5.74) is 0. The van der Waals surface area contributed by atoms with Crippen molar-refractivity contribution in [1.82, 2.24) is 9.62 Å². The Kier molecular flexibility index (Phi) is 4.55. The molecule has 1 unspecified atom stereocenters. The average molecular weight is 234 g/mol. The first-order valence-electron chi connectivity index (χ1n) is 5.69. The quantitative estimate of drug-likeness (QED) is 0.709. The van der Waals surface area contributed by atoms with Gasteiger partial charge in [-0.15, -0.1) is 0 Å². The summed E-state index contributed by atoms with van der Waals surface area (Å²) < 4.78 is 26.1. The molecule has 1 atom stereocenters. The standard InChI is InChI=1S/C10H22N2O2S/c1-4-7-12(10-5-6-10)15(13,14)9(2)8-11-3/h9-11H,4-8H2,1-3H3. The highest BCUT2D eigenvalue weighted by molar-refractivity contribution is 7.89. The molecule has 0 saturated heterocycles. The van der Waals surface area contributed by atoms with E-state index in [0.717, 1.165) is 19.3 Å². The van der Waals surface area contributed by atoms with Crippen LogP contribution in [0.25, 0.3) is 0 Å². The first-order chi connectivity index (χ1) is 7.04. The molecule has 1 aliphatic rings. The molecule has 0 aromatic carbocycles. The lowest BCUT2D eigenvalue weighted by molar-refractivity contribution is 0.396. The summed E-state index contributed by atoms with van der Waals surface area (Å²) in [7, 11) is -1.31.